The number of ether oxygens (including phenoxy) is 1. The summed E-state index contributed by atoms with van der Waals surface area (Å²) < 4.78 is 32.7. The molecular formula is C21H18BrN3O3S. The van der Waals surface area contributed by atoms with Crippen LogP contribution < -0.4 is 4.74 Å². The lowest BCUT2D eigenvalue weighted by Crippen LogP contribution is -2.05. The van der Waals surface area contributed by atoms with Crippen molar-refractivity contribution >= 4 is 36.8 Å². The molecule has 0 aliphatic rings. The first-order valence-corrected chi connectivity index (χ1v) is 11.1. The van der Waals surface area contributed by atoms with Crippen LogP contribution in [0.2, 0.25) is 0 Å². The van der Waals surface area contributed by atoms with Gasteiger partial charge in [0.15, 0.2) is 0 Å². The molecule has 0 bridgehead atoms. The fraction of sp³-hybridized carbons (Fsp3) is 0.143. The zero-order chi connectivity index (χ0) is 20.8. The highest BCUT2D eigenvalue weighted by Gasteiger charge is 2.28. The van der Waals surface area contributed by atoms with Crippen LogP contribution in [0, 0.1) is 13.8 Å². The third-order valence-corrected chi connectivity index (χ3v) is 7.46. The van der Waals surface area contributed by atoms with Crippen molar-refractivity contribution in [3.63, 3.8) is 0 Å². The number of nitrogens with one attached hydrogen (secondary N) is 1. The Kier molecular flexibility index (Phi) is 4.92. The van der Waals surface area contributed by atoms with Crippen LogP contribution in [0.1, 0.15) is 11.3 Å². The summed E-state index contributed by atoms with van der Waals surface area (Å²) in [7, 11) is -2.23. The van der Waals surface area contributed by atoms with Crippen molar-refractivity contribution in [1.82, 2.24) is 15.0 Å². The Balaban J connectivity index is 2.04. The molecule has 148 valence electrons. The summed E-state index contributed by atoms with van der Waals surface area (Å²) in [5.74, 6) is 0.623. The number of aromatic amines is 1. The number of halogens is 1. The van der Waals surface area contributed by atoms with E-state index in [0.717, 1.165) is 11.3 Å². The lowest BCUT2D eigenvalue weighted by atomic mass is 10.1. The summed E-state index contributed by atoms with van der Waals surface area (Å²) in [6.07, 6.45) is 3.11. The second-order valence-electron chi connectivity index (χ2n) is 6.68. The van der Waals surface area contributed by atoms with Gasteiger partial charge in [-0.2, -0.15) is 0 Å². The average molecular weight is 472 g/mol. The minimum Gasteiger partial charge on any atom is -0.495 e. The number of pyridine rings is 2. The van der Waals surface area contributed by atoms with Crippen LogP contribution in [-0.4, -0.2) is 30.5 Å². The topological polar surface area (TPSA) is 84.9 Å². The molecule has 3 heterocycles. The molecule has 1 aromatic carbocycles. The van der Waals surface area contributed by atoms with Crippen molar-refractivity contribution in [2.45, 2.75) is 23.6 Å². The molecule has 0 saturated carbocycles. The number of sulfone groups is 1. The molecule has 0 radical (unpaired) electrons. The van der Waals surface area contributed by atoms with Crippen molar-refractivity contribution < 1.29 is 13.2 Å². The second-order valence-corrected chi connectivity index (χ2v) is 9.42. The Morgan fingerprint density at radius 3 is 2.34 bits per heavy atom. The first-order chi connectivity index (χ1) is 13.8. The maximum Gasteiger partial charge on any atom is 0.208 e. The maximum atomic E-state index is 13.6. The molecule has 1 N–H and O–H groups in total. The van der Waals surface area contributed by atoms with E-state index >= 15 is 0 Å². The first kappa shape index (κ1) is 19.6. The van der Waals surface area contributed by atoms with Crippen molar-refractivity contribution in [3.05, 3.63) is 64.5 Å². The van der Waals surface area contributed by atoms with Crippen molar-refractivity contribution in [2.75, 3.05) is 7.11 Å². The van der Waals surface area contributed by atoms with Crippen LogP contribution in [0.5, 0.6) is 5.75 Å². The summed E-state index contributed by atoms with van der Waals surface area (Å²) >= 11 is 3.41. The highest BCUT2D eigenvalue weighted by molar-refractivity contribution is 9.10. The van der Waals surface area contributed by atoms with Gasteiger partial charge >= 0.3 is 0 Å². The van der Waals surface area contributed by atoms with Gasteiger partial charge in [0.05, 0.1) is 33.3 Å². The Hall–Kier alpha value is -2.71. The number of fused-ring (bicyclic) bond motifs is 1. The molecule has 3 aromatic heterocycles. The van der Waals surface area contributed by atoms with E-state index in [-0.39, 0.29) is 9.79 Å². The number of aryl methyl sites for hydroxylation is 2. The molecule has 0 amide bonds. The quantitative estimate of drug-likeness (QED) is 0.459. The normalized spacial score (nSPS) is 11.7. The van der Waals surface area contributed by atoms with Gasteiger partial charge in [-0.3, -0.25) is 4.98 Å². The van der Waals surface area contributed by atoms with E-state index in [4.69, 9.17) is 4.74 Å². The Bertz CT molecular complexity index is 1310. The third kappa shape index (κ3) is 3.32. The Morgan fingerprint density at radius 2 is 1.72 bits per heavy atom. The number of hydrogen-bond acceptors (Lipinski definition) is 5. The maximum absolute atomic E-state index is 13.6. The lowest BCUT2D eigenvalue weighted by Gasteiger charge is -2.11. The SMILES string of the molecule is COc1ccc(-c2c(C)[nH]c3ncc(Br)c(S(=O)(=O)c4ccc(C)cc4)c23)nc1. The van der Waals surface area contributed by atoms with Gasteiger partial charge in [0.1, 0.15) is 11.4 Å². The van der Waals surface area contributed by atoms with E-state index in [9.17, 15) is 8.42 Å². The summed E-state index contributed by atoms with van der Waals surface area (Å²) in [5.41, 5.74) is 3.59. The molecule has 0 unspecified atom stereocenters. The molecule has 0 spiro atoms. The van der Waals surface area contributed by atoms with Gasteiger partial charge < -0.3 is 9.72 Å². The largest absolute Gasteiger partial charge is 0.495 e. The molecule has 0 aliphatic carbocycles. The zero-order valence-corrected chi connectivity index (χ0v) is 18.4. The first-order valence-electron chi connectivity index (χ1n) is 8.82. The van der Waals surface area contributed by atoms with Gasteiger partial charge in [0.25, 0.3) is 0 Å². The van der Waals surface area contributed by atoms with Gasteiger partial charge in [-0.05, 0) is 54.0 Å². The van der Waals surface area contributed by atoms with Gasteiger partial charge in [-0.25, -0.2) is 13.4 Å². The molecular weight excluding hydrogens is 454 g/mol. The molecule has 0 atom stereocenters. The molecule has 8 heteroatoms. The van der Waals surface area contributed by atoms with Gasteiger partial charge in [0, 0.05) is 22.8 Å². The van der Waals surface area contributed by atoms with Gasteiger partial charge in [-0.1, -0.05) is 17.7 Å². The molecule has 4 aromatic rings. The Labute approximate surface area is 177 Å². The van der Waals surface area contributed by atoms with Crippen molar-refractivity contribution in [3.8, 4) is 17.0 Å². The summed E-state index contributed by atoms with van der Waals surface area (Å²) in [5, 5.41) is 0.509. The standard InChI is InChI=1S/C21H18BrN3O3S/c1-12-4-7-15(8-5-12)29(26,27)20-16(22)11-24-21-19(20)18(13(2)25-21)17-9-6-14(28-3)10-23-17/h4-11H,1-3H3,(H,24,25). The number of hydrogen-bond donors (Lipinski definition) is 1. The average Bonchev–Trinajstić information content (AvgIpc) is 3.03. The minimum absolute atomic E-state index is 0.170. The number of H-pyrrole nitrogens is 1. The second kappa shape index (κ2) is 7.27. The molecule has 0 saturated heterocycles. The van der Waals surface area contributed by atoms with Gasteiger partial charge in [-0.15, -0.1) is 0 Å². The highest BCUT2D eigenvalue weighted by atomic mass is 79.9. The van der Waals surface area contributed by atoms with Gasteiger partial charge in [0.2, 0.25) is 9.84 Å². The van der Waals surface area contributed by atoms with Crippen LogP contribution >= 0.6 is 15.9 Å². The molecule has 29 heavy (non-hydrogen) atoms. The van der Waals surface area contributed by atoms with E-state index in [2.05, 4.69) is 30.9 Å². The van der Waals surface area contributed by atoms with E-state index in [1.54, 1.807) is 49.7 Å². The fourth-order valence-electron chi connectivity index (χ4n) is 3.29. The number of rotatable bonds is 4. The number of methoxy groups -OCH3 is 1. The van der Waals surface area contributed by atoms with Crippen LogP contribution in [0.25, 0.3) is 22.3 Å². The number of aromatic nitrogens is 3. The summed E-state index contributed by atoms with van der Waals surface area (Å²) in [4.78, 5) is 12.4. The van der Waals surface area contributed by atoms with E-state index < -0.39 is 9.84 Å². The van der Waals surface area contributed by atoms with Crippen LogP contribution in [0.15, 0.2) is 63.1 Å². The predicted molar refractivity (Wildman–Crippen MR) is 115 cm³/mol. The molecule has 0 aliphatic heterocycles. The zero-order valence-electron chi connectivity index (χ0n) is 16.0. The smallest absolute Gasteiger partial charge is 0.208 e. The fourth-order valence-corrected chi connectivity index (χ4v) is 5.74. The monoisotopic (exact) mass is 471 g/mol. The minimum atomic E-state index is -3.80. The predicted octanol–water partition coefficient (Wildman–Crippen LogP) is 4.85. The lowest BCUT2D eigenvalue weighted by molar-refractivity contribution is 0.413. The summed E-state index contributed by atoms with van der Waals surface area (Å²) in [6, 6.07) is 10.4. The third-order valence-electron chi connectivity index (χ3n) is 4.75. The van der Waals surface area contributed by atoms with E-state index in [0.29, 0.717) is 32.5 Å². The Morgan fingerprint density at radius 1 is 1.00 bits per heavy atom. The summed E-state index contributed by atoms with van der Waals surface area (Å²) in [6.45, 7) is 3.79. The van der Waals surface area contributed by atoms with Crippen LogP contribution in [0.3, 0.4) is 0 Å². The highest BCUT2D eigenvalue weighted by Crippen LogP contribution is 2.40. The number of nitrogens with zero attached hydrogens (tertiary/aromatic N) is 2. The van der Waals surface area contributed by atoms with Crippen LogP contribution in [-0.2, 0) is 9.84 Å². The van der Waals surface area contributed by atoms with E-state index in [1.807, 2.05) is 13.8 Å². The van der Waals surface area contributed by atoms with Crippen LogP contribution in [0.4, 0.5) is 0 Å². The van der Waals surface area contributed by atoms with E-state index in [1.165, 1.54) is 6.20 Å². The van der Waals surface area contributed by atoms with Crippen molar-refractivity contribution in [2.24, 2.45) is 0 Å². The molecule has 0 fully saturated rings. The molecule has 4 rings (SSSR count). The van der Waals surface area contributed by atoms with Crippen molar-refractivity contribution in [1.29, 1.82) is 0 Å². The molecule has 6 nitrogen and oxygen atoms in total. The number of benzene rings is 1.